The van der Waals surface area contributed by atoms with E-state index in [4.69, 9.17) is 4.74 Å². The van der Waals surface area contributed by atoms with E-state index in [0.717, 1.165) is 6.42 Å². The molecule has 0 aliphatic carbocycles. The van der Waals surface area contributed by atoms with Crippen LogP contribution in [0.4, 0.5) is 13.2 Å². The Hall–Kier alpha value is -1.63. The highest BCUT2D eigenvalue weighted by molar-refractivity contribution is 8.00. The second-order valence-corrected chi connectivity index (χ2v) is 7.23. The van der Waals surface area contributed by atoms with Crippen LogP contribution in [0.3, 0.4) is 0 Å². The quantitative estimate of drug-likeness (QED) is 0.744. The number of hydrogen-bond acceptors (Lipinski definition) is 3. The molecule has 0 aromatic heterocycles. The highest BCUT2D eigenvalue weighted by Gasteiger charge is 2.35. The molecule has 2 heterocycles. The molecule has 124 valence electrons. The molecule has 2 aliphatic rings. The van der Waals surface area contributed by atoms with Crippen LogP contribution < -0.4 is 4.74 Å². The summed E-state index contributed by atoms with van der Waals surface area (Å²) in [5.74, 6) is 0.493. The number of fused-ring (bicyclic) bond motifs is 1. The van der Waals surface area contributed by atoms with Crippen LogP contribution in [0.5, 0.6) is 5.75 Å². The molecule has 3 nitrogen and oxygen atoms in total. The van der Waals surface area contributed by atoms with E-state index in [1.165, 1.54) is 12.1 Å². The van der Waals surface area contributed by atoms with Gasteiger partial charge >= 0.3 is 5.51 Å². The lowest BCUT2D eigenvalue weighted by Gasteiger charge is -2.34. The molecular formula is C16H16F3NO2S. The lowest BCUT2D eigenvalue weighted by Crippen LogP contribution is -2.34. The molecule has 1 saturated heterocycles. The van der Waals surface area contributed by atoms with Gasteiger partial charge in [-0.2, -0.15) is 13.2 Å². The van der Waals surface area contributed by atoms with Crippen molar-refractivity contribution in [1.82, 2.24) is 4.90 Å². The van der Waals surface area contributed by atoms with Gasteiger partial charge < -0.3 is 9.64 Å². The zero-order valence-corrected chi connectivity index (χ0v) is 13.6. The van der Waals surface area contributed by atoms with Crippen LogP contribution in [0.1, 0.15) is 32.3 Å². The van der Waals surface area contributed by atoms with Crippen molar-refractivity contribution in [3.8, 4) is 5.75 Å². The monoisotopic (exact) mass is 343 g/mol. The van der Waals surface area contributed by atoms with Crippen LogP contribution in [0, 0.1) is 0 Å². The number of nitrogens with zero attached hydrogens (tertiary/aromatic N) is 1. The van der Waals surface area contributed by atoms with Gasteiger partial charge in [0.25, 0.3) is 0 Å². The molecule has 0 saturated carbocycles. The predicted molar refractivity (Wildman–Crippen MR) is 82.0 cm³/mol. The second-order valence-electron chi connectivity index (χ2n) is 6.09. The van der Waals surface area contributed by atoms with Crippen LogP contribution in [0.2, 0.25) is 0 Å². The number of carbonyl (C=O) groups excluding carboxylic acids is 1. The third-order valence-corrected chi connectivity index (χ3v) is 4.40. The summed E-state index contributed by atoms with van der Waals surface area (Å²) in [5, 5.41) is 0. The number of ether oxygens (including phenoxy) is 1. The molecule has 1 aromatic rings. The SMILES string of the molecule is CC1(C)C=C(N2CCCC2=O)c2cc(SC(F)(F)F)ccc2O1. The third-order valence-electron chi connectivity index (χ3n) is 3.68. The van der Waals surface area contributed by atoms with Gasteiger partial charge in [0.2, 0.25) is 5.91 Å². The summed E-state index contributed by atoms with van der Waals surface area (Å²) >= 11 is -0.167. The first-order valence-electron chi connectivity index (χ1n) is 7.27. The average molecular weight is 343 g/mol. The van der Waals surface area contributed by atoms with E-state index in [2.05, 4.69) is 0 Å². The van der Waals surface area contributed by atoms with Gasteiger partial charge in [0.15, 0.2) is 0 Å². The van der Waals surface area contributed by atoms with Crippen LogP contribution in [0.25, 0.3) is 5.70 Å². The summed E-state index contributed by atoms with van der Waals surface area (Å²) in [6.45, 7) is 4.29. The van der Waals surface area contributed by atoms with E-state index in [0.29, 0.717) is 30.0 Å². The van der Waals surface area contributed by atoms with E-state index < -0.39 is 11.1 Å². The van der Waals surface area contributed by atoms with Gasteiger partial charge in [-0.05, 0) is 56.3 Å². The fourth-order valence-electron chi connectivity index (χ4n) is 2.84. The fraction of sp³-hybridized carbons (Fsp3) is 0.438. The molecule has 0 atom stereocenters. The fourth-order valence-corrected chi connectivity index (χ4v) is 3.42. The molecule has 0 spiro atoms. The molecule has 0 N–H and O–H groups in total. The van der Waals surface area contributed by atoms with Gasteiger partial charge in [-0.1, -0.05) is 0 Å². The Kier molecular flexibility index (Phi) is 3.86. The minimum Gasteiger partial charge on any atom is -0.483 e. The molecule has 0 unspecified atom stereocenters. The van der Waals surface area contributed by atoms with Gasteiger partial charge in [-0.25, -0.2) is 0 Å². The molecule has 0 radical (unpaired) electrons. The molecule has 3 rings (SSSR count). The van der Waals surface area contributed by atoms with Crippen molar-refractivity contribution < 1.29 is 22.7 Å². The highest BCUT2D eigenvalue weighted by Crippen LogP contribution is 2.43. The van der Waals surface area contributed by atoms with E-state index in [9.17, 15) is 18.0 Å². The number of likely N-dealkylation sites (tertiary alicyclic amines) is 1. The molecular weight excluding hydrogens is 327 g/mol. The number of rotatable bonds is 2. The smallest absolute Gasteiger partial charge is 0.446 e. The van der Waals surface area contributed by atoms with E-state index >= 15 is 0 Å². The van der Waals surface area contributed by atoms with E-state index in [1.54, 1.807) is 17.0 Å². The average Bonchev–Trinajstić information content (AvgIpc) is 2.82. The molecule has 1 amide bonds. The number of benzene rings is 1. The van der Waals surface area contributed by atoms with Crippen LogP contribution >= 0.6 is 11.8 Å². The minimum absolute atomic E-state index is 0.00576. The number of hydrogen-bond donors (Lipinski definition) is 0. The van der Waals surface area contributed by atoms with Crippen LogP contribution in [-0.4, -0.2) is 28.5 Å². The molecule has 1 aromatic carbocycles. The third kappa shape index (κ3) is 3.49. The number of carbonyl (C=O) groups is 1. The van der Waals surface area contributed by atoms with Crippen molar-refractivity contribution in [2.24, 2.45) is 0 Å². The predicted octanol–water partition coefficient (Wildman–Crippen LogP) is 4.43. The minimum atomic E-state index is -4.35. The highest BCUT2D eigenvalue weighted by atomic mass is 32.2. The summed E-state index contributed by atoms with van der Waals surface area (Å²) in [4.78, 5) is 13.8. The Bertz CT molecular complexity index is 682. The van der Waals surface area contributed by atoms with Crippen molar-refractivity contribution in [3.05, 3.63) is 29.8 Å². The Labute approximate surface area is 136 Å². The lowest BCUT2D eigenvalue weighted by molar-refractivity contribution is -0.124. The Morgan fingerprint density at radius 3 is 2.65 bits per heavy atom. The maximum absolute atomic E-state index is 12.6. The molecule has 2 aliphatic heterocycles. The summed E-state index contributed by atoms with van der Waals surface area (Å²) < 4.78 is 43.7. The first-order chi connectivity index (χ1) is 10.6. The van der Waals surface area contributed by atoms with Gasteiger partial charge in [0, 0.05) is 23.4 Å². The summed E-state index contributed by atoms with van der Waals surface area (Å²) in [6.07, 6.45) is 3.02. The van der Waals surface area contributed by atoms with Crippen molar-refractivity contribution in [2.45, 2.75) is 42.7 Å². The second kappa shape index (κ2) is 5.47. The molecule has 0 bridgehead atoms. The zero-order chi connectivity index (χ0) is 16.8. The van der Waals surface area contributed by atoms with Gasteiger partial charge in [-0.15, -0.1) is 0 Å². The number of amides is 1. The van der Waals surface area contributed by atoms with Crippen molar-refractivity contribution in [2.75, 3.05) is 6.54 Å². The van der Waals surface area contributed by atoms with Gasteiger partial charge in [0.05, 0.1) is 5.70 Å². The van der Waals surface area contributed by atoms with Crippen molar-refractivity contribution in [1.29, 1.82) is 0 Å². The van der Waals surface area contributed by atoms with Crippen molar-refractivity contribution >= 4 is 23.4 Å². The normalized spacial score (nSPS) is 20.1. The van der Waals surface area contributed by atoms with E-state index in [-0.39, 0.29) is 22.6 Å². The standard InChI is InChI=1S/C16H16F3NO2S/c1-15(2)9-12(20-7-3-4-14(20)21)11-8-10(23-16(17,18)19)5-6-13(11)22-15/h5-6,8-9H,3-4,7H2,1-2H3. The van der Waals surface area contributed by atoms with Crippen molar-refractivity contribution in [3.63, 3.8) is 0 Å². The summed E-state index contributed by atoms with van der Waals surface area (Å²) in [5.41, 5.74) is -3.79. The zero-order valence-electron chi connectivity index (χ0n) is 12.7. The van der Waals surface area contributed by atoms with Crippen LogP contribution in [-0.2, 0) is 4.79 Å². The largest absolute Gasteiger partial charge is 0.483 e. The summed E-state index contributed by atoms with van der Waals surface area (Å²) in [6, 6.07) is 4.38. The summed E-state index contributed by atoms with van der Waals surface area (Å²) in [7, 11) is 0. The first kappa shape index (κ1) is 16.2. The number of thioether (sulfide) groups is 1. The van der Waals surface area contributed by atoms with Crippen LogP contribution in [0.15, 0.2) is 29.2 Å². The van der Waals surface area contributed by atoms with Gasteiger partial charge in [-0.3, -0.25) is 4.79 Å². The van der Waals surface area contributed by atoms with Gasteiger partial charge in [0.1, 0.15) is 11.4 Å². The topological polar surface area (TPSA) is 29.5 Å². The van der Waals surface area contributed by atoms with E-state index in [1.807, 2.05) is 13.8 Å². The Morgan fingerprint density at radius 2 is 2.04 bits per heavy atom. The molecule has 7 heteroatoms. The molecule has 1 fully saturated rings. The lowest BCUT2D eigenvalue weighted by atomic mass is 9.98. The number of halogens is 3. The maximum Gasteiger partial charge on any atom is 0.446 e. The Morgan fingerprint density at radius 1 is 1.30 bits per heavy atom. The number of alkyl halides is 3. The Balaban J connectivity index is 2.04. The molecule has 23 heavy (non-hydrogen) atoms. The maximum atomic E-state index is 12.6. The first-order valence-corrected chi connectivity index (χ1v) is 8.09.